The predicted molar refractivity (Wildman–Crippen MR) is 114 cm³/mol. The average Bonchev–Trinajstić information content (AvgIpc) is 2.63. The van der Waals surface area contributed by atoms with E-state index in [0.717, 1.165) is 0 Å². The summed E-state index contributed by atoms with van der Waals surface area (Å²) in [4.78, 5) is 50.8. The molecule has 3 atom stereocenters. The molecule has 0 saturated carbocycles. The molecule has 8 heteroatoms. The first-order chi connectivity index (χ1) is 13.9. The number of rotatable bonds is 4. The van der Waals surface area contributed by atoms with E-state index >= 15 is 0 Å². The van der Waals surface area contributed by atoms with Crippen LogP contribution in [0.25, 0.3) is 0 Å². The molecule has 1 aliphatic heterocycles. The monoisotopic (exact) mass is 425 g/mol. The molecule has 0 radical (unpaired) electrons. The number of nitrogens with one attached hydrogen (secondary N) is 3. The van der Waals surface area contributed by atoms with E-state index in [1.54, 1.807) is 20.8 Å². The van der Waals surface area contributed by atoms with Crippen molar-refractivity contribution >= 4 is 23.7 Å². The van der Waals surface area contributed by atoms with E-state index in [2.05, 4.69) is 16.0 Å². The minimum Gasteiger partial charge on any atom is -0.460 e. The molecule has 0 aliphatic carbocycles. The highest BCUT2D eigenvalue weighted by molar-refractivity contribution is 5.90. The van der Waals surface area contributed by atoms with Crippen LogP contribution in [0.15, 0.2) is 0 Å². The van der Waals surface area contributed by atoms with Gasteiger partial charge in [0.2, 0.25) is 17.7 Å². The zero-order valence-corrected chi connectivity index (χ0v) is 19.3. The molecule has 1 saturated heterocycles. The number of ether oxygens (including phenoxy) is 1. The normalized spacial score (nSPS) is 24.6. The molecule has 8 nitrogen and oxygen atoms in total. The summed E-state index contributed by atoms with van der Waals surface area (Å²) in [5.74, 6) is -2.53. The predicted octanol–water partition coefficient (Wildman–Crippen LogP) is 1.92. The van der Waals surface area contributed by atoms with E-state index in [-0.39, 0.29) is 36.5 Å². The molecule has 0 bridgehead atoms. The van der Waals surface area contributed by atoms with Gasteiger partial charge in [-0.05, 0) is 58.8 Å². The molecule has 1 rings (SSSR count). The second-order valence-electron chi connectivity index (χ2n) is 9.44. The number of carbonyl (C=O) groups is 4. The van der Waals surface area contributed by atoms with Crippen molar-refractivity contribution < 1.29 is 23.9 Å². The van der Waals surface area contributed by atoms with Gasteiger partial charge in [-0.15, -0.1) is 0 Å². The third-order valence-corrected chi connectivity index (χ3v) is 5.06. The lowest BCUT2D eigenvalue weighted by molar-refractivity contribution is -0.164. The summed E-state index contributed by atoms with van der Waals surface area (Å²) in [5, 5.41) is 8.31. The smallest absolute Gasteiger partial charge is 0.310 e. The van der Waals surface area contributed by atoms with Crippen LogP contribution in [-0.4, -0.2) is 48.9 Å². The Kier molecular flexibility index (Phi) is 10.3. The van der Waals surface area contributed by atoms with Gasteiger partial charge in [-0.3, -0.25) is 19.2 Å². The van der Waals surface area contributed by atoms with E-state index in [9.17, 15) is 19.2 Å². The minimum atomic E-state index is -0.761. The third-order valence-electron chi connectivity index (χ3n) is 5.06. The first-order valence-corrected chi connectivity index (χ1v) is 11.0. The fraction of sp³-hybridized carbons (Fsp3) is 0.818. The largest absolute Gasteiger partial charge is 0.460 e. The number of amides is 3. The highest BCUT2D eigenvalue weighted by Crippen LogP contribution is 2.28. The first-order valence-electron chi connectivity index (χ1n) is 11.0. The maximum absolute atomic E-state index is 13.2. The Labute approximate surface area is 180 Å². The molecule has 0 unspecified atom stereocenters. The second-order valence-corrected chi connectivity index (χ2v) is 9.44. The van der Waals surface area contributed by atoms with Crippen LogP contribution >= 0.6 is 0 Å². The van der Waals surface area contributed by atoms with Gasteiger partial charge in [0.25, 0.3) is 0 Å². The Hall–Kier alpha value is -2.12. The molecule has 0 spiro atoms. The van der Waals surface area contributed by atoms with Crippen LogP contribution in [0.2, 0.25) is 0 Å². The van der Waals surface area contributed by atoms with Gasteiger partial charge in [-0.2, -0.15) is 0 Å². The van der Waals surface area contributed by atoms with Crippen molar-refractivity contribution in [3.8, 4) is 0 Å². The summed E-state index contributed by atoms with van der Waals surface area (Å²) in [6.07, 6.45) is 2.68. The summed E-state index contributed by atoms with van der Waals surface area (Å²) in [7, 11) is 1.53. The van der Waals surface area contributed by atoms with Gasteiger partial charge >= 0.3 is 5.97 Å². The van der Waals surface area contributed by atoms with Crippen LogP contribution < -0.4 is 16.0 Å². The minimum absolute atomic E-state index is 0.144. The lowest BCUT2D eigenvalue weighted by atomic mass is 9.81. The maximum atomic E-state index is 13.2. The van der Waals surface area contributed by atoms with Crippen LogP contribution in [0.4, 0.5) is 0 Å². The molecule has 3 amide bonds. The molecule has 30 heavy (non-hydrogen) atoms. The Bertz CT molecular complexity index is 612. The number of hydrogen-bond acceptors (Lipinski definition) is 5. The lowest BCUT2D eigenvalue weighted by Crippen LogP contribution is -2.50. The summed E-state index contributed by atoms with van der Waals surface area (Å²) >= 11 is 0. The number of likely N-dealkylation sites (N-methyl/N-ethyl adjacent to an activating group) is 1. The fourth-order valence-corrected chi connectivity index (χ4v) is 3.62. The molecular formula is C22H39N3O5. The van der Waals surface area contributed by atoms with Crippen molar-refractivity contribution in [3.05, 3.63) is 0 Å². The number of carbonyl (C=O) groups excluding carboxylic acids is 4. The molecule has 1 heterocycles. The summed E-state index contributed by atoms with van der Waals surface area (Å²) in [6.45, 7) is 9.77. The van der Waals surface area contributed by atoms with Crippen molar-refractivity contribution in [2.75, 3.05) is 13.6 Å². The van der Waals surface area contributed by atoms with Crippen LogP contribution in [-0.2, 0) is 23.9 Å². The van der Waals surface area contributed by atoms with Crippen molar-refractivity contribution in [2.45, 2.75) is 84.8 Å². The molecule has 0 aromatic rings. The first kappa shape index (κ1) is 25.9. The van der Waals surface area contributed by atoms with Crippen molar-refractivity contribution in [1.29, 1.82) is 0 Å². The Morgan fingerprint density at radius 3 is 2.40 bits per heavy atom. The topological polar surface area (TPSA) is 114 Å². The summed E-state index contributed by atoms with van der Waals surface area (Å²) < 4.78 is 5.59. The van der Waals surface area contributed by atoms with E-state index in [0.29, 0.717) is 32.2 Å². The van der Waals surface area contributed by atoms with Crippen molar-refractivity contribution in [2.24, 2.45) is 17.8 Å². The van der Waals surface area contributed by atoms with E-state index < -0.39 is 29.4 Å². The Morgan fingerprint density at radius 1 is 1.17 bits per heavy atom. The average molecular weight is 426 g/mol. The van der Waals surface area contributed by atoms with Crippen LogP contribution in [0.1, 0.15) is 73.1 Å². The van der Waals surface area contributed by atoms with Gasteiger partial charge in [0.15, 0.2) is 0 Å². The Morgan fingerprint density at radius 2 is 1.83 bits per heavy atom. The Balaban J connectivity index is 3.25. The molecular weight excluding hydrogens is 386 g/mol. The van der Waals surface area contributed by atoms with Gasteiger partial charge in [-0.1, -0.05) is 13.8 Å². The summed E-state index contributed by atoms with van der Waals surface area (Å²) in [6, 6.07) is -0.673. The van der Waals surface area contributed by atoms with E-state index in [4.69, 9.17) is 4.74 Å². The second kappa shape index (κ2) is 11.9. The van der Waals surface area contributed by atoms with Crippen molar-refractivity contribution in [1.82, 2.24) is 16.0 Å². The van der Waals surface area contributed by atoms with Gasteiger partial charge < -0.3 is 20.7 Å². The molecule has 0 aromatic heterocycles. The standard InChI is InChI=1S/C22H39N3O5/c1-14(2)13-16-15(21(29)30-22(3,4)5)10-11-18(26)24-12-8-7-9-17(20(28)23-6)25-19(16)27/h14-17H,7-13H2,1-6H3,(H,23,28)(H,24,26)(H,25,27)/t15-,16+,17-/m0/s1. The van der Waals surface area contributed by atoms with Crippen LogP contribution in [0.3, 0.4) is 0 Å². The third kappa shape index (κ3) is 9.13. The number of esters is 1. The SMILES string of the molecule is CNC(=O)[C@@H]1CCCCNC(=O)CC[C@H](C(=O)OC(C)(C)C)[C@@H](CC(C)C)C(=O)N1. The van der Waals surface area contributed by atoms with Gasteiger partial charge in [-0.25, -0.2) is 0 Å². The molecule has 0 aromatic carbocycles. The quantitative estimate of drug-likeness (QED) is 0.596. The van der Waals surface area contributed by atoms with Gasteiger partial charge in [0.05, 0.1) is 11.8 Å². The van der Waals surface area contributed by atoms with E-state index in [1.165, 1.54) is 7.05 Å². The zero-order valence-electron chi connectivity index (χ0n) is 19.3. The van der Waals surface area contributed by atoms with Crippen molar-refractivity contribution in [3.63, 3.8) is 0 Å². The van der Waals surface area contributed by atoms with Crippen LogP contribution in [0, 0.1) is 17.8 Å². The lowest BCUT2D eigenvalue weighted by Gasteiger charge is -2.30. The molecule has 1 aliphatic rings. The fourth-order valence-electron chi connectivity index (χ4n) is 3.62. The number of hydrogen-bond donors (Lipinski definition) is 3. The molecule has 172 valence electrons. The van der Waals surface area contributed by atoms with Gasteiger partial charge in [0.1, 0.15) is 11.6 Å². The zero-order chi connectivity index (χ0) is 22.9. The van der Waals surface area contributed by atoms with Crippen LogP contribution in [0.5, 0.6) is 0 Å². The molecule has 1 fully saturated rings. The highest BCUT2D eigenvalue weighted by atomic mass is 16.6. The van der Waals surface area contributed by atoms with E-state index in [1.807, 2.05) is 13.8 Å². The van der Waals surface area contributed by atoms with Gasteiger partial charge in [0, 0.05) is 20.0 Å². The maximum Gasteiger partial charge on any atom is 0.310 e. The summed E-state index contributed by atoms with van der Waals surface area (Å²) in [5.41, 5.74) is -0.704. The molecule has 3 N–H and O–H groups in total. The highest BCUT2D eigenvalue weighted by Gasteiger charge is 2.38.